The summed E-state index contributed by atoms with van der Waals surface area (Å²) in [5.41, 5.74) is 6.78. The summed E-state index contributed by atoms with van der Waals surface area (Å²) >= 11 is 3.64. The largest absolute Gasteiger partial charge is 0.365 e. The molecule has 0 bridgehead atoms. The number of hydrogen-bond acceptors (Lipinski definition) is 5. The molecule has 0 aliphatic carbocycles. The molecule has 1 aromatic heterocycles. The zero-order valence-electron chi connectivity index (χ0n) is 19.1. The molecular formula is C27H29BrN4O. The van der Waals surface area contributed by atoms with Crippen molar-refractivity contribution in [3.05, 3.63) is 70.8 Å². The molecule has 2 aliphatic heterocycles. The second-order valence-corrected chi connectivity index (χ2v) is 9.67. The van der Waals surface area contributed by atoms with Gasteiger partial charge in [0.1, 0.15) is 11.9 Å². The minimum atomic E-state index is -0.123. The Kier molecular flexibility index (Phi) is 6.21. The fraction of sp³-hybridized carbons (Fsp3) is 0.333. The Morgan fingerprint density at radius 3 is 2.94 bits per heavy atom. The van der Waals surface area contributed by atoms with Crippen molar-refractivity contribution < 1.29 is 4.74 Å². The van der Waals surface area contributed by atoms with E-state index in [0.717, 1.165) is 64.0 Å². The number of morpholine rings is 1. The number of rotatable bonds is 5. The lowest BCUT2D eigenvalue weighted by atomic mass is 9.98. The van der Waals surface area contributed by atoms with E-state index in [0.29, 0.717) is 6.54 Å². The summed E-state index contributed by atoms with van der Waals surface area (Å²) in [7, 11) is 0. The normalized spacial score (nSPS) is 20.2. The van der Waals surface area contributed by atoms with Gasteiger partial charge < -0.3 is 15.0 Å². The van der Waals surface area contributed by atoms with Gasteiger partial charge in [-0.05, 0) is 49.2 Å². The fourth-order valence-electron chi connectivity index (χ4n) is 4.81. The minimum Gasteiger partial charge on any atom is -0.365 e. The van der Waals surface area contributed by atoms with Gasteiger partial charge in [0.25, 0.3) is 0 Å². The van der Waals surface area contributed by atoms with Crippen LogP contribution in [0, 0.1) is 0 Å². The molecule has 3 heterocycles. The van der Waals surface area contributed by atoms with Crippen LogP contribution in [-0.4, -0.2) is 36.1 Å². The summed E-state index contributed by atoms with van der Waals surface area (Å²) in [6.45, 7) is 10.8. The van der Waals surface area contributed by atoms with Crippen molar-refractivity contribution in [2.45, 2.75) is 45.4 Å². The van der Waals surface area contributed by atoms with Crippen LogP contribution < -0.4 is 10.2 Å². The molecule has 2 aliphatic rings. The molecule has 170 valence electrons. The average molecular weight is 505 g/mol. The van der Waals surface area contributed by atoms with Crippen LogP contribution in [0.25, 0.3) is 16.5 Å². The summed E-state index contributed by atoms with van der Waals surface area (Å²) in [6, 6.07) is 14.8. The second kappa shape index (κ2) is 9.27. The lowest BCUT2D eigenvalue weighted by molar-refractivity contribution is 0.0204. The highest BCUT2D eigenvalue weighted by Gasteiger charge is 2.31. The number of hydrogen-bond donors (Lipinski definition) is 1. The number of allylic oxidation sites excluding steroid dienone is 1. The lowest BCUT2D eigenvalue weighted by Crippen LogP contribution is -2.51. The second-order valence-electron chi connectivity index (χ2n) is 8.82. The average Bonchev–Trinajstić information content (AvgIpc) is 2.83. The number of ether oxygens (including phenoxy) is 1. The molecule has 6 heteroatoms. The van der Waals surface area contributed by atoms with E-state index in [1.165, 1.54) is 11.3 Å². The quantitative estimate of drug-likeness (QED) is 0.434. The van der Waals surface area contributed by atoms with Crippen LogP contribution in [0.5, 0.6) is 0 Å². The summed E-state index contributed by atoms with van der Waals surface area (Å²) < 4.78 is 7.43. The molecule has 2 atom stereocenters. The van der Waals surface area contributed by atoms with E-state index in [4.69, 9.17) is 14.7 Å². The standard InChI is InChI=1S/C27H29BrN4O/c1-4-7-17(2)19-11-12-24(20-8-6-13-29-26(19)20)32-15-18(3)33-25(16-32)27-30-14-21-22(28)9-5-10-23(21)31-27/h5-6,8-13,18,25H,2,4,7,14-16H2,1,3H3,(H,30,31). The number of anilines is 2. The minimum absolute atomic E-state index is 0.0820. The fourth-order valence-corrected chi connectivity index (χ4v) is 5.31. The predicted octanol–water partition coefficient (Wildman–Crippen LogP) is 6.43. The third kappa shape index (κ3) is 4.30. The molecule has 0 spiro atoms. The number of nitrogens with zero attached hydrogens (tertiary/aromatic N) is 3. The summed E-state index contributed by atoms with van der Waals surface area (Å²) in [5, 5.41) is 4.68. The molecule has 5 rings (SSSR count). The van der Waals surface area contributed by atoms with Gasteiger partial charge in [0.05, 0.1) is 24.7 Å². The molecule has 1 N–H and O–H groups in total. The highest BCUT2D eigenvalue weighted by atomic mass is 79.9. The van der Waals surface area contributed by atoms with Crippen molar-refractivity contribution in [2.75, 3.05) is 23.3 Å². The van der Waals surface area contributed by atoms with Crippen LogP contribution in [0.4, 0.5) is 11.4 Å². The molecule has 33 heavy (non-hydrogen) atoms. The summed E-state index contributed by atoms with van der Waals surface area (Å²) in [5.74, 6) is 0.896. The van der Waals surface area contributed by atoms with Crippen molar-refractivity contribution in [1.82, 2.24) is 4.98 Å². The topological polar surface area (TPSA) is 49.8 Å². The monoisotopic (exact) mass is 504 g/mol. The van der Waals surface area contributed by atoms with Gasteiger partial charge in [0.2, 0.25) is 0 Å². The number of nitrogens with one attached hydrogen (secondary N) is 1. The van der Waals surface area contributed by atoms with Gasteiger partial charge in [-0.3, -0.25) is 9.98 Å². The van der Waals surface area contributed by atoms with Crippen LogP contribution in [0.15, 0.2) is 64.7 Å². The first-order valence-electron chi connectivity index (χ1n) is 11.6. The van der Waals surface area contributed by atoms with Crippen LogP contribution in [0.3, 0.4) is 0 Å². The van der Waals surface area contributed by atoms with E-state index in [1.807, 2.05) is 18.3 Å². The zero-order valence-corrected chi connectivity index (χ0v) is 20.7. The van der Waals surface area contributed by atoms with Crippen molar-refractivity contribution >= 4 is 49.6 Å². The number of pyridine rings is 1. The van der Waals surface area contributed by atoms with Crippen molar-refractivity contribution in [3.63, 3.8) is 0 Å². The van der Waals surface area contributed by atoms with E-state index in [1.54, 1.807) is 0 Å². The van der Waals surface area contributed by atoms with Crippen LogP contribution in [-0.2, 0) is 11.3 Å². The van der Waals surface area contributed by atoms with Crippen LogP contribution in [0.2, 0.25) is 0 Å². The third-order valence-electron chi connectivity index (χ3n) is 6.37. The van der Waals surface area contributed by atoms with Crippen molar-refractivity contribution in [3.8, 4) is 0 Å². The highest BCUT2D eigenvalue weighted by molar-refractivity contribution is 9.10. The maximum Gasteiger partial charge on any atom is 0.133 e. The maximum absolute atomic E-state index is 6.35. The first-order valence-corrected chi connectivity index (χ1v) is 12.4. The Labute approximate surface area is 203 Å². The first kappa shape index (κ1) is 22.1. The Balaban J connectivity index is 1.45. The highest BCUT2D eigenvalue weighted by Crippen LogP contribution is 2.35. The zero-order chi connectivity index (χ0) is 22.9. The van der Waals surface area contributed by atoms with Gasteiger partial charge in [-0.1, -0.05) is 48.0 Å². The molecule has 0 amide bonds. The van der Waals surface area contributed by atoms with E-state index in [9.17, 15) is 0 Å². The van der Waals surface area contributed by atoms with Gasteiger partial charge in [0.15, 0.2) is 0 Å². The molecule has 2 unspecified atom stereocenters. The van der Waals surface area contributed by atoms with Crippen molar-refractivity contribution in [1.29, 1.82) is 0 Å². The molecular weight excluding hydrogens is 476 g/mol. The number of fused-ring (bicyclic) bond motifs is 2. The van der Waals surface area contributed by atoms with Gasteiger partial charge in [-0.2, -0.15) is 0 Å². The Bertz CT molecular complexity index is 1240. The molecule has 1 fully saturated rings. The number of aliphatic imine (C=N–C) groups is 1. The van der Waals surface area contributed by atoms with E-state index in [2.05, 4.69) is 76.9 Å². The summed E-state index contributed by atoms with van der Waals surface area (Å²) in [6.07, 6.45) is 3.88. The molecule has 0 radical (unpaired) electrons. The third-order valence-corrected chi connectivity index (χ3v) is 7.12. The van der Waals surface area contributed by atoms with Crippen molar-refractivity contribution in [2.24, 2.45) is 4.99 Å². The van der Waals surface area contributed by atoms with Gasteiger partial charge in [-0.15, -0.1) is 0 Å². The Hall–Kier alpha value is -2.70. The first-order chi connectivity index (χ1) is 16.0. The van der Waals surface area contributed by atoms with Gasteiger partial charge in [-0.25, -0.2) is 0 Å². The molecule has 5 nitrogen and oxygen atoms in total. The molecule has 3 aromatic rings. The van der Waals surface area contributed by atoms with Crippen LogP contribution in [0.1, 0.15) is 37.8 Å². The Morgan fingerprint density at radius 1 is 1.21 bits per heavy atom. The molecule has 2 aromatic carbocycles. The smallest absolute Gasteiger partial charge is 0.133 e. The van der Waals surface area contributed by atoms with Gasteiger partial charge in [0, 0.05) is 45.1 Å². The number of halogens is 1. The van der Waals surface area contributed by atoms with E-state index < -0.39 is 0 Å². The SMILES string of the molecule is C=C(CCC)c1ccc(N2CC(C)OC(C3=NCc4c(Br)cccc4N3)C2)c2cccnc12. The van der Waals surface area contributed by atoms with E-state index >= 15 is 0 Å². The number of aromatic nitrogens is 1. The van der Waals surface area contributed by atoms with E-state index in [-0.39, 0.29) is 12.2 Å². The summed E-state index contributed by atoms with van der Waals surface area (Å²) in [4.78, 5) is 12.0. The maximum atomic E-state index is 6.35. The molecule has 1 saturated heterocycles. The lowest BCUT2D eigenvalue weighted by Gasteiger charge is -2.40. The Morgan fingerprint density at radius 2 is 2.09 bits per heavy atom. The number of benzene rings is 2. The molecule has 0 saturated carbocycles. The number of amidine groups is 1. The van der Waals surface area contributed by atoms with Crippen LogP contribution >= 0.6 is 15.9 Å². The predicted molar refractivity (Wildman–Crippen MR) is 141 cm³/mol. The van der Waals surface area contributed by atoms with Gasteiger partial charge >= 0.3 is 0 Å².